The lowest BCUT2D eigenvalue weighted by atomic mass is 9.81. The Balaban J connectivity index is 1.54. The van der Waals surface area contributed by atoms with Crippen LogP contribution in [0.15, 0.2) is 84.9 Å². The van der Waals surface area contributed by atoms with Crippen LogP contribution in [0.1, 0.15) is 111 Å². The number of hydrogen-bond acceptors (Lipinski definition) is 12. The molecule has 0 saturated heterocycles. The fourth-order valence-electron chi connectivity index (χ4n) is 8.86. The molecule has 5 amide bonds. The van der Waals surface area contributed by atoms with Crippen LogP contribution in [0.25, 0.3) is 10.2 Å². The highest BCUT2D eigenvalue weighted by atomic mass is 32.1. The van der Waals surface area contributed by atoms with Gasteiger partial charge in [0.15, 0.2) is 10.8 Å². The van der Waals surface area contributed by atoms with Crippen LogP contribution in [0, 0.1) is 11.8 Å². The number of alkyl halides is 2. The molecular formula is C51H58F2N6O13S. The predicted octanol–water partition coefficient (Wildman–Crippen LogP) is 4.77. The monoisotopic (exact) mass is 1030 g/mol. The molecule has 1 heterocycles. The molecule has 73 heavy (non-hydrogen) atoms. The normalized spacial score (nSPS) is 15.2. The lowest BCUT2D eigenvalue weighted by Crippen LogP contribution is -2.60. The number of halogens is 2. The van der Waals surface area contributed by atoms with Crippen LogP contribution in [0.5, 0.6) is 0 Å². The van der Waals surface area contributed by atoms with E-state index in [1.807, 2.05) is 0 Å². The first-order valence-corrected chi connectivity index (χ1v) is 24.6. The molecule has 4 aromatic rings. The highest BCUT2D eigenvalue weighted by molar-refractivity contribution is 7.20. The van der Waals surface area contributed by atoms with Gasteiger partial charge in [-0.3, -0.25) is 47.9 Å². The maximum atomic E-state index is 15.0. The summed E-state index contributed by atoms with van der Waals surface area (Å²) in [6.07, 6.45) is -4.27. The third-order valence-electron chi connectivity index (χ3n) is 12.4. The first-order chi connectivity index (χ1) is 34.8. The van der Waals surface area contributed by atoms with Crippen molar-refractivity contribution in [1.29, 1.82) is 0 Å². The Labute approximate surface area is 422 Å². The van der Waals surface area contributed by atoms with E-state index in [2.05, 4.69) is 31.6 Å². The van der Waals surface area contributed by atoms with Gasteiger partial charge in [0.2, 0.25) is 41.7 Å². The SMILES string of the molecule is CC(=O)N[C@@H](CC(=O)O)C(=O)N[C@@H](CCC(=O)O)C(=O)N[C@H](C(=O)N[C@@H](CCC(=O)O)C(=O)N[C@@H](CC1CCCCC1)C(=O)[C@@H](CC(F)F)C(=O)c1nc2ccccc2s1)C(c1ccccc1)c1ccccc1. The van der Waals surface area contributed by atoms with Crippen molar-refractivity contribution in [2.24, 2.45) is 11.8 Å². The summed E-state index contributed by atoms with van der Waals surface area (Å²) >= 11 is 0.918. The van der Waals surface area contributed by atoms with Crippen molar-refractivity contribution in [3.8, 4) is 0 Å². The van der Waals surface area contributed by atoms with Gasteiger partial charge in [0, 0.05) is 32.1 Å². The van der Waals surface area contributed by atoms with Crippen LogP contribution < -0.4 is 26.6 Å². The number of aromatic nitrogens is 1. The number of para-hydroxylation sites is 1. The van der Waals surface area contributed by atoms with Crippen LogP contribution in [-0.2, 0) is 43.2 Å². The molecule has 0 aliphatic heterocycles. The average molecular weight is 1030 g/mol. The van der Waals surface area contributed by atoms with Gasteiger partial charge in [-0.2, -0.15) is 0 Å². The number of nitrogens with one attached hydrogen (secondary N) is 5. The first-order valence-electron chi connectivity index (χ1n) is 23.8. The van der Waals surface area contributed by atoms with E-state index in [0.717, 1.165) is 37.5 Å². The molecule has 0 bridgehead atoms. The van der Waals surface area contributed by atoms with Crippen LogP contribution in [0.2, 0.25) is 0 Å². The Hall–Kier alpha value is -7.49. The minimum Gasteiger partial charge on any atom is -0.481 e. The van der Waals surface area contributed by atoms with Gasteiger partial charge in [-0.05, 0) is 48.4 Å². The van der Waals surface area contributed by atoms with Gasteiger partial charge in [0.05, 0.1) is 28.6 Å². The van der Waals surface area contributed by atoms with Crippen LogP contribution in [0.4, 0.5) is 8.78 Å². The molecule has 390 valence electrons. The molecule has 1 aliphatic rings. The first kappa shape index (κ1) is 56.4. The largest absolute Gasteiger partial charge is 0.481 e. The van der Waals surface area contributed by atoms with E-state index in [-0.39, 0.29) is 17.3 Å². The molecule has 19 nitrogen and oxygen atoms in total. The molecule has 8 N–H and O–H groups in total. The van der Waals surface area contributed by atoms with E-state index in [1.165, 1.54) is 0 Å². The zero-order valence-electron chi connectivity index (χ0n) is 39.8. The minimum atomic E-state index is -3.13. The van der Waals surface area contributed by atoms with Gasteiger partial charge < -0.3 is 41.9 Å². The second-order valence-corrected chi connectivity index (χ2v) is 18.9. The van der Waals surface area contributed by atoms with Crippen molar-refractivity contribution < 1.29 is 72.0 Å². The lowest BCUT2D eigenvalue weighted by molar-refractivity contribution is -0.141. The number of fused-ring (bicyclic) bond motifs is 1. The maximum Gasteiger partial charge on any atom is 0.305 e. The van der Waals surface area contributed by atoms with Gasteiger partial charge in [-0.1, -0.05) is 105 Å². The molecule has 0 spiro atoms. The number of carboxylic acid groups (broad SMARTS) is 3. The van der Waals surface area contributed by atoms with Crippen molar-refractivity contribution in [3.63, 3.8) is 0 Å². The number of nitrogens with zero attached hydrogens (tertiary/aromatic N) is 1. The quantitative estimate of drug-likeness (QED) is 0.0281. The number of rotatable bonds is 28. The maximum absolute atomic E-state index is 15.0. The zero-order valence-corrected chi connectivity index (χ0v) is 40.6. The molecule has 0 unspecified atom stereocenters. The molecule has 1 saturated carbocycles. The smallest absolute Gasteiger partial charge is 0.305 e. The van der Waals surface area contributed by atoms with Gasteiger partial charge in [0.1, 0.15) is 24.2 Å². The fourth-order valence-corrected chi connectivity index (χ4v) is 9.82. The predicted molar refractivity (Wildman–Crippen MR) is 260 cm³/mol. The summed E-state index contributed by atoms with van der Waals surface area (Å²) < 4.78 is 29.2. The average Bonchev–Trinajstić information content (AvgIpc) is 3.80. The topological polar surface area (TPSA) is 304 Å². The number of Topliss-reactive ketones (excluding diaryl/α,β-unsaturated/α-hetero) is 2. The fraction of sp³-hybridized carbons (Fsp3) is 0.431. The van der Waals surface area contributed by atoms with E-state index in [9.17, 15) is 67.3 Å². The molecule has 22 heteroatoms. The Bertz CT molecular complexity index is 2520. The summed E-state index contributed by atoms with van der Waals surface area (Å²) in [5, 5.41) is 40.8. The second-order valence-electron chi connectivity index (χ2n) is 17.9. The molecule has 1 aromatic heterocycles. The number of carbonyl (C=O) groups is 10. The lowest BCUT2D eigenvalue weighted by Gasteiger charge is -2.32. The Morgan fingerprint density at radius 1 is 0.616 bits per heavy atom. The van der Waals surface area contributed by atoms with Gasteiger partial charge in [0.25, 0.3) is 0 Å². The van der Waals surface area contributed by atoms with Crippen LogP contribution in [0.3, 0.4) is 0 Å². The van der Waals surface area contributed by atoms with Crippen LogP contribution >= 0.6 is 11.3 Å². The van der Waals surface area contributed by atoms with Crippen molar-refractivity contribution in [2.75, 3.05) is 0 Å². The van der Waals surface area contributed by atoms with Crippen molar-refractivity contribution in [2.45, 2.75) is 127 Å². The van der Waals surface area contributed by atoms with E-state index >= 15 is 4.79 Å². The number of thiazole rings is 1. The zero-order chi connectivity index (χ0) is 53.2. The number of carbonyl (C=O) groups excluding carboxylic acids is 7. The number of amides is 5. The molecule has 5 rings (SSSR count). The summed E-state index contributed by atoms with van der Waals surface area (Å²) in [7, 11) is 0. The number of benzene rings is 3. The Kier molecular flexibility index (Phi) is 21.2. The van der Waals surface area contributed by atoms with Crippen molar-refractivity contribution in [1.82, 2.24) is 31.6 Å². The second kappa shape index (κ2) is 27.4. The molecule has 3 aromatic carbocycles. The van der Waals surface area contributed by atoms with E-state index in [1.54, 1.807) is 84.9 Å². The number of hydrogen-bond donors (Lipinski definition) is 8. The molecular weight excluding hydrogens is 975 g/mol. The molecule has 1 aliphatic carbocycles. The highest BCUT2D eigenvalue weighted by Gasteiger charge is 2.41. The molecule has 1 fully saturated rings. The summed E-state index contributed by atoms with van der Waals surface area (Å²) in [6.45, 7) is 1.02. The van der Waals surface area contributed by atoms with E-state index < -0.39 is 146 Å². The highest BCUT2D eigenvalue weighted by Crippen LogP contribution is 2.32. The summed E-state index contributed by atoms with van der Waals surface area (Å²) in [5.41, 5.74) is 1.24. The number of ketones is 2. The third-order valence-corrected chi connectivity index (χ3v) is 13.4. The summed E-state index contributed by atoms with van der Waals surface area (Å²) in [5.74, 6) is -14.9. The van der Waals surface area contributed by atoms with Crippen molar-refractivity contribution >= 4 is 80.6 Å². The molecule has 0 radical (unpaired) electrons. The number of carboxylic acids is 3. The van der Waals surface area contributed by atoms with Crippen molar-refractivity contribution in [3.05, 3.63) is 101 Å². The van der Waals surface area contributed by atoms with Crippen LogP contribution in [-0.4, -0.2) is 116 Å². The minimum absolute atomic E-state index is 0.0709. The van der Waals surface area contributed by atoms with Gasteiger partial charge in [-0.15, -0.1) is 11.3 Å². The molecule has 6 atom stereocenters. The summed E-state index contributed by atoms with van der Waals surface area (Å²) in [4.78, 5) is 138. The van der Waals surface area contributed by atoms with E-state index in [4.69, 9.17) is 0 Å². The standard InChI is InChI=1S/C51H58F2N6O13S/c1-28(60)54-37(27-42(65)66)49(71)55-35(22-24-41(63)64)48(70)59-44(43(30-15-7-3-8-16-30)31-17-9-4-10-18-31)50(72)56-34(21-23-40(61)62)47(69)57-36(25-29-13-5-2-6-14-29)45(67)32(26-39(52)53)46(68)51-58-33-19-11-12-20-38(33)73-51/h3-4,7-12,15-20,29,32,34-37,39,43-44H,2,5-6,13-14,21-27H2,1H3,(H,54,60)(H,55,71)(H,56,72)(H,57,69)(H,59,70)(H,61,62)(H,63,64)(H,65,66)/t32-,34+,35+,36+,37+,44+/m1/s1. The third kappa shape index (κ3) is 17.1. The van der Waals surface area contributed by atoms with E-state index in [0.29, 0.717) is 34.2 Å². The Morgan fingerprint density at radius 2 is 1.12 bits per heavy atom. The summed E-state index contributed by atoms with van der Waals surface area (Å²) in [6, 6.07) is 14.4. The number of aliphatic carboxylic acids is 3. The Morgan fingerprint density at radius 3 is 1.64 bits per heavy atom. The van der Waals surface area contributed by atoms with Gasteiger partial charge in [-0.25, -0.2) is 13.8 Å². The van der Waals surface area contributed by atoms with Gasteiger partial charge >= 0.3 is 17.9 Å².